The molecule has 0 aliphatic rings. The number of ether oxygens (including phenoxy) is 1. The number of carbonyl (C=O) groups is 2. The van der Waals surface area contributed by atoms with Crippen LogP contribution in [0.5, 0.6) is 5.75 Å². The van der Waals surface area contributed by atoms with E-state index in [0.29, 0.717) is 18.0 Å². The van der Waals surface area contributed by atoms with Crippen molar-refractivity contribution in [2.75, 3.05) is 25.5 Å². The molecule has 1 heterocycles. The number of benzene rings is 2. The summed E-state index contributed by atoms with van der Waals surface area (Å²) in [6.07, 6.45) is 3.15. The van der Waals surface area contributed by atoms with Crippen LogP contribution in [0.2, 0.25) is 0 Å². The van der Waals surface area contributed by atoms with Crippen molar-refractivity contribution in [1.29, 1.82) is 0 Å². The lowest BCUT2D eigenvalue weighted by atomic mass is 10.3. The standard InChI is InChI=1S/C21H21N3O3S/c1-3-24(14-19(25)22-15-7-6-8-16(13-15)27-2)21(26)12-11-20-23-17-9-4-5-10-18(17)28-20/h4-13H,3,14H2,1-2H3,(H,22,25)/b12-11+. The lowest BCUT2D eigenvalue weighted by Crippen LogP contribution is -2.36. The van der Waals surface area contributed by atoms with Gasteiger partial charge in [-0.3, -0.25) is 9.59 Å². The Labute approximate surface area is 167 Å². The Morgan fingerprint density at radius 1 is 1.21 bits per heavy atom. The zero-order valence-electron chi connectivity index (χ0n) is 15.7. The van der Waals surface area contributed by atoms with Crippen LogP contribution in [-0.2, 0) is 9.59 Å². The van der Waals surface area contributed by atoms with E-state index in [1.54, 1.807) is 37.5 Å². The highest BCUT2D eigenvalue weighted by atomic mass is 32.1. The van der Waals surface area contributed by atoms with Gasteiger partial charge in [-0.2, -0.15) is 0 Å². The zero-order valence-corrected chi connectivity index (χ0v) is 16.5. The van der Waals surface area contributed by atoms with Gasteiger partial charge in [0.05, 0.1) is 17.3 Å². The minimum absolute atomic E-state index is 0.0310. The molecule has 2 amide bonds. The highest BCUT2D eigenvalue weighted by Crippen LogP contribution is 2.22. The van der Waals surface area contributed by atoms with Crippen LogP contribution in [0, 0.1) is 0 Å². The smallest absolute Gasteiger partial charge is 0.247 e. The molecule has 3 aromatic rings. The molecule has 0 spiro atoms. The fraction of sp³-hybridized carbons (Fsp3) is 0.190. The second kappa shape index (κ2) is 9.14. The molecule has 0 fully saturated rings. The summed E-state index contributed by atoms with van der Waals surface area (Å²) in [7, 11) is 1.57. The molecule has 0 unspecified atom stereocenters. The van der Waals surface area contributed by atoms with Crippen LogP contribution in [0.15, 0.2) is 54.6 Å². The van der Waals surface area contributed by atoms with Crippen LogP contribution in [0.25, 0.3) is 16.3 Å². The van der Waals surface area contributed by atoms with E-state index in [2.05, 4.69) is 10.3 Å². The third-order valence-electron chi connectivity index (χ3n) is 4.06. The van der Waals surface area contributed by atoms with E-state index in [0.717, 1.165) is 15.2 Å². The van der Waals surface area contributed by atoms with Crippen LogP contribution >= 0.6 is 11.3 Å². The summed E-state index contributed by atoms with van der Waals surface area (Å²) in [5.41, 5.74) is 1.53. The molecule has 3 rings (SSSR count). The highest BCUT2D eigenvalue weighted by Gasteiger charge is 2.14. The third-order valence-corrected chi connectivity index (χ3v) is 5.06. The highest BCUT2D eigenvalue weighted by molar-refractivity contribution is 7.19. The fourth-order valence-electron chi connectivity index (χ4n) is 2.63. The van der Waals surface area contributed by atoms with Crippen molar-refractivity contribution in [3.63, 3.8) is 0 Å². The maximum Gasteiger partial charge on any atom is 0.247 e. The number of carbonyl (C=O) groups excluding carboxylic acids is 2. The van der Waals surface area contributed by atoms with E-state index < -0.39 is 0 Å². The second-order valence-electron chi connectivity index (χ2n) is 5.99. The molecule has 144 valence electrons. The monoisotopic (exact) mass is 395 g/mol. The summed E-state index contributed by atoms with van der Waals surface area (Å²) >= 11 is 1.52. The molecule has 0 atom stereocenters. The first-order valence-electron chi connectivity index (χ1n) is 8.85. The lowest BCUT2D eigenvalue weighted by molar-refractivity contribution is -0.130. The molecule has 1 N–H and O–H groups in total. The molecule has 2 aromatic carbocycles. The van der Waals surface area contributed by atoms with E-state index in [1.165, 1.54) is 22.3 Å². The summed E-state index contributed by atoms with van der Waals surface area (Å²) in [5.74, 6) is 0.152. The van der Waals surface area contributed by atoms with Crippen LogP contribution in [0.4, 0.5) is 5.69 Å². The summed E-state index contributed by atoms with van der Waals surface area (Å²) in [6, 6.07) is 14.9. The predicted octanol–water partition coefficient (Wildman–Crippen LogP) is 3.81. The van der Waals surface area contributed by atoms with Gasteiger partial charge in [0, 0.05) is 24.4 Å². The number of fused-ring (bicyclic) bond motifs is 1. The third kappa shape index (κ3) is 4.95. The van der Waals surface area contributed by atoms with Gasteiger partial charge in [-0.1, -0.05) is 18.2 Å². The van der Waals surface area contributed by atoms with Gasteiger partial charge in [0.15, 0.2) is 0 Å². The lowest BCUT2D eigenvalue weighted by Gasteiger charge is -2.18. The summed E-state index contributed by atoms with van der Waals surface area (Å²) < 4.78 is 6.21. The Kier molecular flexibility index (Phi) is 6.39. The average Bonchev–Trinajstić information content (AvgIpc) is 3.13. The minimum atomic E-state index is -0.267. The summed E-state index contributed by atoms with van der Waals surface area (Å²) in [6.45, 7) is 2.23. The van der Waals surface area contributed by atoms with Gasteiger partial charge in [0.25, 0.3) is 0 Å². The van der Waals surface area contributed by atoms with Crippen LogP contribution in [-0.4, -0.2) is 41.9 Å². The summed E-state index contributed by atoms with van der Waals surface area (Å²) in [4.78, 5) is 30.7. The number of nitrogens with zero attached hydrogens (tertiary/aromatic N) is 2. The number of anilines is 1. The van der Waals surface area contributed by atoms with Gasteiger partial charge in [0.2, 0.25) is 11.8 Å². The van der Waals surface area contributed by atoms with Gasteiger partial charge in [0.1, 0.15) is 17.3 Å². The van der Waals surface area contributed by atoms with Crippen LogP contribution in [0.1, 0.15) is 11.9 Å². The van der Waals surface area contributed by atoms with Gasteiger partial charge in [-0.05, 0) is 37.3 Å². The predicted molar refractivity (Wildman–Crippen MR) is 113 cm³/mol. The number of nitrogens with one attached hydrogen (secondary N) is 1. The number of para-hydroxylation sites is 1. The maximum atomic E-state index is 12.5. The first-order chi connectivity index (χ1) is 13.6. The van der Waals surface area contributed by atoms with E-state index in [-0.39, 0.29) is 18.4 Å². The molecule has 0 saturated heterocycles. The molecule has 6 nitrogen and oxygen atoms in total. The Morgan fingerprint density at radius 3 is 2.79 bits per heavy atom. The molecule has 0 aliphatic heterocycles. The zero-order chi connectivity index (χ0) is 19.9. The van der Waals surface area contributed by atoms with Gasteiger partial charge < -0.3 is 15.0 Å². The average molecular weight is 395 g/mol. The number of aromatic nitrogens is 1. The molecular formula is C21H21N3O3S. The van der Waals surface area contributed by atoms with E-state index >= 15 is 0 Å². The first kappa shape index (κ1) is 19.6. The van der Waals surface area contributed by atoms with Crippen molar-refractivity contribution in [2.45, 2.75) is 6.92 Å². The van der Waals surface area contributed by atoms with Gasteiger partial charge >= 0.3 is 0 Å². The Bertz CT molecular complexity index is 980. The van der Waals surface area contributed by atoms with Crippen molar-refractivity contribution in [3.05, 3.63) is 59.6 Å². The summed E-state index contributed by atoms with van der Waals surface area (Å²) in [5, 5.41) is 3.54. The molecule has 0 radical (unpaired) electrons. The first-order valence-corrected chi connectivity index (χ1v) is 9.67. The molecule has 7 heteroatoms. The van der Waals surface area contributed by atoms with Gasteiger partial charge in [-0.25, -0.2) is 4.98 Å². The molecular weight excluding hydrogens is 374 g/mol. The van der Waals surface area contributed by atoms with Crippen LogP contribution in [0.3, 0.4) is 0 Å². The van der Waals surface area contributed by atoms with E-state index in [9.17, 15) is 9.59 Å². The quantitative estimate of drug-likeness (QED) is 0.618. The Hall–Kier alpha value is -3.19. The van der Waals surface area contributed by atoms with Crippen molar-refractivity contribution in [3.8, 4) is 5.75 Å². The fourth-order valence-corrected chi connectivity index (χ4v) is 3.50. The topological polar surface area (TPSA) is 71.5 Å². The Balaban J connectivity index is 1.61. The number of hydrogen-bond donors (Lipinski definition) is 1. The van der Waals surface area contributed by atoms with E-state index in [4.69, 9.17) is 4.74 Å². The van der Waals surface area contributed by atoms with Crippen molar-refractivity contribution < 1.29 is 14.3 Å². The van der Waals surface area contributed by atoms with Crippen LogP contribution < -0.4 is 10.1 Å². The Morgan fingerprint density at radius 2 is 2.04 bits per heavy atom. The van der Waals surface area contributed by atoms with Crippen molar-refractivity contribution >= 4 is 45.1 Å². The molecule has 0 aliphatic carbocycles. The molecule has 28 heavy (non-hydrogen) atoms. The number of likely N-dealkylation sites (N-methyl/N-ethyl adjacent to an activating group) is 1. The van der Waals surface area contributed by atoms with E-state index in [1.807, 2.05) is 31.2 Å². The molecule has 0 bridgehead atoms. The number of rotatable bonds is 7. The number of methoxy groups -OCH3 is 1. The van der Waals surface area contributed by atoms with Gasteiger partial charge in [-0.15, -0.1) is 11.3 Å². The normalized spacial score (nSPS) is 10.9. The second-order valence-corrected chi connectivity index (χ2v) is 7.05. The number of thiazole rings is 1. The molecule has 0 saturated carbocycles. The maximum absolute atomic E-state index is 12.5. The van der Waals surface area contributed by atoms with Crippen molar-refractivity contribution in [2.24, 2.45) is 0 Å². The number of hydrogen-bond acceptors (Lipinski definition) is 5. The largest absolute Gasteiger partial charge is 0.497 e. The number of amides is 2. The van der Waals surface area contributed by atoms with Crippen molar-refractivity contribution in [1.82, 2.24) is 9.88 Å². The minimum Gasteiger partial charge on any atom is -0.497 e. The molecule has 1 aromatic heterocycles. The SMILES string of the molecule is CCN(CC(=O)Nc1cccc(OC)c1)C(=O)/C=C/c1nc2ccccc2s1.